The first-order chi connectivity index (χ1) is 7.34. The lowest BCUT2D eigenvalue weighted by atomic mass is 10.0. The van der Waals surface area contributed by atoms with E-state index in [0.29, 0.717) is 11.8 Å². The van der Waals surface area contributed by atoms with Gasteiger partial charge in [-0.1, -0.05) is 12.8 Å². The number of hydrogen-bond acceptors (Lipinski definition) is 2. The Kier molecular flexibility index (Phi) is 5.56. The maximum absolute atomic E-state index is 11.8. The summed E-state index contributed by atoms with van der Waals surface area (Å²) in [5.41, 5.74) is 0. The van der Waals surface area contributed by atoms with Crippen molar-refractivity contribution >= 4 is 18.3 Å². The summed E-state index contributed by atoms with van der Waals surface area (Å²) in [5, 5.41) is 6.14. The van der Waals surface area contributed by atoms with Crippen molar-refractivity contribution in [3.05, 3.63) is 0 Å². The molecule has 2 N–H and O–H groups in total. The van der Waals surface area contributed by atoms with E-state index in [4.69, 9.17) is 0 Å². The van der Waals surface area contributed by atoms with Gasteiger partial charge in [0.2, 0.25) is 5.91 Å². The van der Waals surface area contributed by atoms with Gasteiger partial charge in [-0.25, -0.2) is 0 Å². The fourth-order valence-electron chi connectivity index (χ4n) is 2.98. The first kappa shape index (κ1) is 13.8. The molecule has 1 amide bonds. The second-order valence-corrected chi connectivity index (χ2v) is 4.89. The highest BCUT2D eigenvalue weighted by atomic mass is 35.5. The van der Waals surface area contributed by atoms with Gasteiger partial charge in [-0.15, -0.1) is 12.4 Å². The third-order valence-electron chi connectivity index (χ3n) is 3.86. The lowest BCUT2D eigenvalue weighted by Crippen LogP contribution is -2.28. The summed E-state index contributed by atoms with van der Waals surface area (Å²) in [7, 11) is 1.94. The fourth-order valence-corrected chi connectivity index (χ4v) is 2.98. The molecule has 2 aliphatic carbocycles. The van der Waals surface area contributed by atoms with Crippen LogP contribution in [-0.4, -0.2) is 26.0 Å². The van der Waals surface area contributed by atoms with Crippen molar-refractivity contribution in [2.75, 3.05) is 20.1 Å². The Morgan fingerprint density at radius 2 is 1.81 bits per heavy atom. The smallest absolute Gasteiger partial charge is 0.223 e. The first-order valence-electron chi connectivity index (χ1n) is 6.27. The second kappa shape index (κ2) is 6.45. The Hall–Kier alpha value is -0.280. The van der Waals surface area contributed by atoms with Gasteiger partial charge < -0.3 is 10.6 Å². The molecule has 0 bridgehead atoms. The maximum Gasteiger partial charge on any atom is 0.223 e. The Bertz CT molecular complexity index is 223. The molecule has 0 aromatic heterocycles. The van der Waals surface area contributed by atoms with Crippen LogP contribution < -0.4 is 10.6 Å². The molecule has 2 unspecified atom stereocenters. The second-order valence-electron chi connectivity index (χ2n) is 4.89. The molecular weight excluding hydrogens is 224 g/mol. The molecule has 0 aromatic carbocycles. The number of hydrogen-bond donors (Lipinski definition) is 2. The SMILES string of the molecule is CNCCCNC(=O)C1C2CCCCC21.Cl. The quantitative estimate of drug-likeness (QED) is 0.723. The lowest BCUT2D eigenvalue weighted by molar-refractivity contribution is -0.122. The Balaban J connectivity index is 0.00000128. The van der Waals surface area contributed by atoms with Crippen molar-refractivity contribution in [3.63, 3.8) is 0 Å². The van der Waals surface area contributed by atoms with Gasteiger partial charge in [-0.3, -0.25) is 4.79 Å². The van der Waals surface area contributed by atoms with E-state index in [1.807, 2.05) is 7.05 Å². The fraction of sp³-hybridized carbons (Fsp3) is 0.917. The van der Waals surface area contributed by atoms with Crippen LogP contribution in [0, 0.1) is 17.8 Å². The van der Waals surface area contributed by atoms with Crippen LogP contribution >= 0.6 is 12.4 Å². The number of carbonyl (C=O) groups excluding carboxylic acids is 1. The predicted molar refractivity (Wildman–Crippen MR) is 67.7 cm³/mol. The Morgan fingerprint density at radius 1 is 1.19 bits per heavy atom. The molecule has 4 heteroatoms. The van der Waals surface area contributed by atoms with Crippen LogP contribution in [0.5, 0.6) is 0 Å². The monoisotopic (exact) mass is 246 g/mol. The van der Waals surface area contributed by atoms with E-state index in [9.17, 15) is 4.79 Å². The summed E-state index contributed by atoms with van der Waals surface area (Å²) in [5.74, 6) is 2.18. The number of rotatable bonds is 5. The van der Waals surface area contributed by atoms with E-state index in [2.05, 4.69) is 10.6 Å². The number of nitrogens with one attached hydrogen (secondary N) is 2. The minimum absolute atomic E-state index is 0. The molecule has 3 nitrogen and oxygen atoms in total. The van der Waals surface area contributed by atoms with E-state index in [1.165, 1.54) is 25.7 Å². The summed E-state index contributed by atoms with van der Waals surface area (Å²) in [6.07, 6.45) is 6.29. The van der Waals surface area contributed by atoms with Crippen LogP contribution in [0.25, 0.3) is 0 Å². The molecule has 0 radical (unpaired) electrons. The molecule has 2 rings (SSSR count). The molecule has 16 heavy (non-hydrogen) atoms. The van der Waals surface area contributed by atoms with Gasteiger partial charge in [0.15, 0.2) is 0 Å². The molecule has 94 valence electrons. The highest BCUT2D eigenvalue weighted by molar-refractivity contribution is 5.85. The number of carbonyl (C=O) groups is 1. The van der Waals surface area contributed by atoms with Crippen LogP contribution in [0.15, 0.2) is 0 Å². The van der Waals surface area contributed by atoms with E-state index >= 15 is 0 Å². The molecule has 0 saturated heterocycles. The van der Waals surface area contributed by atoms with Gasteiger partial charge in [-0.2, -0.15) is 0 Å². The Morgan fingerprint density at radius 3 is 2.38 bits per heavy atom. The van der Waals surface area contributed by atoms with Crippen LogP contribution in [0.2, 0.25) is 0 Å². The maximum atomic E-state index is 11.8. The molecule has 0 aromatic rings. The number of halogens is 1. The molecule has 0 heterocycles. The van der Waals surface area contributed by atoms with Crippen molar-refractivity contribution in [1.29, 1.82) is 0 Å². The predicted octanol–water partition coefficient (Wildman–Crippen LogP) is 1.57. The zero-order valence-corrected chi connectivity index (χ0v) is 10.8. The van der Waals surface area contributed by atoms with Crippen molar-refractivity contribution in [1.82, 2.24) is 10.6 Å². The largest absolute Gasteiger partial charge is 0.356 e. The number of amides is 1. The third-order valence-corrected chi connectivity index (χ3v) is 3.86. The highest BCUT2D eigenvalue weighted by Crippen LogP contribution is 2.55. The minimum atomic E-state index is 0. The van der Waals surface area contributed by atoms with Gasteiger partial charge in [0.25, 0.3) is 0 Å². The zero-order valence-electron chi connectivity index (χ0n) is 10.00. The van der Waals surface area contributed by atoms with Gasteiger partial charge in [0.05, 0.1) is 0 Å². The molecule has 2 saturated carbocycles. The summed E-state index contributed by atoms with van der Waals surface area (Å²) in [4.78, 5) is 11.8. The Labute approximate surface area is 104 Å². The summed E-state index contributed by atoms with van der Waals surface area (Å²) in [6.45, 7) is 1.81. The van der Waals surface area contributed by atoms with Crippen molar-refractivity contribution in [2.24, 2.45) is 17.8 Å². The van der Waals surface area contributed by atoms with E-state index in [0.717, 1.165) is 31.3 Å². The summed E-state index contributed by atoms with van der Waals surface area (Å²) in [6, 6.07) is 0. The van der Waals surface area contributed by atoms with Crippen molar-refractivity contribution in [2.45, 2.75) is 32.1 Å². The van der Waals surface area contributed by atoms with Gasteiger partial charge in [-0.05, 0) is 44.7 Å². The molecule has 2 fully saturated rings. The molecular formula is C12H23ClN2O. The normalized spacial score (nSPS) is 31.2. The molecule has 2 aliphatic rings. The van der Waals surface area contributed by atoms with E-state index in [-0.39, 0.29) is 12.4 Å². The topological polar surface area (TPSA) is 41.1 Å². The van der Waals surface area contributed by atoms with E-state index < -0.39 is 0 Å². The standard InChI is InChI=1S/C12H22N2O.ClH/c1-13-7-4-8-14-12(15)11-9-5-2-3-6-10(9)11;/h9-11,13H,2-8H2,1H3,(H,14,15);1H. The average Bonchev–Trinajstić information content (AvgIpc) is 2.98. The molecule has 0 spiro atoms. The summed E-state index contributed by atoms with van der Waals surface area (Å²) >= 11 is 0. The van der Waals surface area contributed by atoms with Crippen LogP contribution in [0.3, 0.4) is 0 Å². The zero-order chi connectivity index (χ0) is 10.7. The number of fused-ring (bicyclic) bond motifs is 1. The minimum Gasteiger partial charge on any atom is -0.356 e. The van der Waals surface area contributed by atoms with Gasteiger partial charge >= 0.3 is 0 Å². The molecule has 2 atom stereocenters. The highest BCUT2D eigenvalue weighted by Gasteiger charge is 2.54. The van der Waals surface area contributed by atoms with Crippen molar-refractivity contribution < 1.29 is 4.79 Å². The van der Waals surface area contributed by atoms with E-state index in [1.54, 1.807) is 0 Å². The van der Waals surface area contributed by atoms with Crippen molar-refractivity contribution in [3.8, 4) is 0 Å². The van der Waals surface area contributed by atoms with Crippen LogP contribution in [0.1, 0.15) is 32.1 Å². The third kappa shape index (κ3) is 3.11. The van der Waals surface area contributed by atoms with Crippen LogP contribution in [-0.2, 0) is 4.79 Å². The lowest BCUT2D eigenvalue weighted by Gasteiger charge is -2.04. The van der Waals surface area contributed by atoms with Gasteiger partial charge in [0.1, 0.15) is 0 Å². The average molecular weight is 247 g/mol. The van der Waals surface area contributed by atoms with Gasteiger partial charge in [0, 0.05) is 12.5 Å². The molecule has 0 aliphatic heterocycles. The summed E-state index contributed by atoms with van der Waals surface area (Å²) < 4.78 is 0. The van der Waals surface area contributed by atoms with Crippen LogP contribution in [0.4, 0.5) is 0 Å². The first-order valence-corrected chi connectivity index (χ1v) is 6.27.